The number of piperazine rings is 1. The maximum Gasteiger partial charge on any atom is 0.317 e. The third kappa shape index (κ3) is 5.46. The molecule has 0 bridgehead atoms. The molecule has 0 spiro atoms. The summed E-state index contributed by atoms with van der Waals surface area (Å²) in [6.07, 6.45) is 1.91. The molecule has 30 heavy (non-hydrogen) atoms. The van der Waals surface area contributed by atoms with E-state index in [4.69, 9.17) is 9.26 Å². The van der Waals surface area contributed by atoms with Crippen LogP contribution in [0, 0.1) is 0 Å². The first kappa shape index (κ1) is 21.5. The van der Waals surface area contributed by atoms with Crippen LogP contribution in [0.15, 0.2) is 22.9 Å². The molecule has 0 aliphatic carbocycles. The van der Waals surface area contributed by atoms with Gasteiger partial charge in [0.2, 0.25) is 11.7 Å². The smallest absolute Gasteiger partial charge is 0.317 e. The van der Waals surface area contributed by atoms with Gasteiger partial charge in [-0.25, -0.2) is 9.78 Å². The van der Waals surface area contributed by atoms with Crippen molar-refractivity contribution in [3.05, 3.63) is 24.2 Å². The molecule has 0 aromatic carbocycles. The second kappa shape index (κ2) is 10.0. The van der Waals surface area contributed by atoms with Crippen molar-refractivity contribution in [3.8, 4) is 11.4 Å². The number of esters is 1. The number of nitrogens with zero attached hydrogens (tertiary/aromatic N) is 5. The second-order valence-corrected chi connectivity index (χ2v) is 7.28. The van der Waals surface area contributed by atoms with Crippen LogP contribution in [0.4, 0.5) is 10.6 Å². The first-order chi connectivity index (χ1) is 14.5. The summed E-state index contributed by atoms with van der Waals surface area (Å²) in [4.78, 5) is 36.3. The van der Waals surface area contributed by atoms with Crippen molar-refractivity contribution >= 4 is 17.8 Å². The normalized spacial score (nSPS) is 14.1. The van der Waals surface area contributed by atoms with Gasteiger partial charge in [0.1, 0.15) is 5.82 Å². The average Bonchev–Trinajstić information content (AvgIpc) is 3.25. The van der Waals surface area contributed by atoms with Crippen LogP contribution in [0.5, 0.6) is 0 Å². The van der Waals surface area contributed by atoms with Crippen molar-refractivity contribution in [2.75, 3.05) is 44.2 Å². The molecule has 2 amide bonds. The lowest BCUT2D eigenvalue weighted by Crippen LogP contribution is -2.52. The number of rotatable bonds is 7. The van der Waals surface area contributed by atoms with Crippen molar-refractivity contribution < 1.29 is 18.8 Å². The van der Waals surface area contributed by atoms with Crippen molar-refractivity contribution in [1.82, 2.24) is 25.3 Å². The van der Waals surface area contributed by atoms with Crippen LogP contribution in [-0.4, -0.2) is 71.4 Å². The van der Waals surface area contributed by atoms with E-state index >= 15 is 0 Å². The van der Waals surface area contributed by atoms with Gasteiger partial charge in [-0.15, -0.1) is 0 Å². The van der Waals surface area contributed by atoms with E-state index in [1.165, 1.54) is 0 Å². The zero-order chi connectivity index (χ0) is 21.5. The van der Waals surface area contributed by atoms with Crippen LogP contribution in [0.25, 0.3) is 11.4 Å². The van der Waals surface area contributed by atoms with Gasteiger partial charge in [0, 0.05) is 50.4 Å². The Bertz CT molecular complexity index is 843. The fraction of sp³-hybridized carbons (Fsp3) is 0.550. The second-order valence-electron chi connectivity index (χ2n) is 7.28. The summed E-state index contributed by atoms with van der Waals surface area (Å²) in [5.41, 5.74) is 0.800. The number of urea groups is 1. The van der Waals surface area contributed by atoms with Gasteiger partial charge in [-0.1, -0.05) is 19.0 Å². The van der Waals surface area contributed by atoms with Crippen LogP contribution < -0.4 is 10.2 Å². The molecule has 10 heteroatoms. The minimum Gasteiger partial charge on any atom is -0.466 e. The predicted molar refractivity (Wildman–Crippen MR) is 110 cm³/mol. The number of amides is 2. The fourth-order valence-electron chi connectivity index (χ4n) is 3.05. The van der Waals surface area contributed by atoms with Gasteiger partial charge in [0.05, 0.1) is 13.0 Å². The standard InChI is InChI=1S/C20H28N6O4/c1-4-29-17(27)7-8-21-20(28)26-11-9-25(10-12-26)16-6-5-15(13-22-16)18-23-19(14(2)3)30-24-18/h5-6,13-14H,4,7-12H2,1-3H3,(H,21,28). The first-order valence-corrected chi connectivity index (χ1v) is 10.2. The molecule has 0 unspecified atom stereocenters. The Labute approximate surface area is 175 Å². The van der Waals surface area contributed by atoms with E-state index in [9.17, 15) is 9.59 Å². The average molecular weight is 416 g/mol. The van der Waals surface area contributed by atoms with Crippen molar-refractivity contribution in [2.45, 2.75) is 33.1 Å². The Morgan fingerprint density at radius 2 is 2.00 bits per heavy atom. The Morgan fingerprint density at radius 1 is 1.23 bits per heavy atom. The van der Waals surface area contributed by atoms with Crippen LogP contribution in [0.3, 0.4) is 0 Å². The number of ether oxygens (including phenoxy) is 1. The monoisotopic (exact) mass is 416 g/mol. The number of nitrogens with one attached hydrogen (secondary N) is 1. The highest BCUT2D eigenvalue weighted by atomic mass is 16.5. The Morgan fingerprint density at radius 3 is 2.60 bits per heavy atom. The highest BCUT2D eigenvalue weighted by molar-refractivity contribution is 5.76. The third-order valence-electron chi connectivity index (χ3n) is 4.74. The van der Waals surface area contributed by atoms with E-state index < -0.39 is 0 Å². The summed E-state index contributed by atoms with van der Waals surface area (Å²) < 4.78 is 10.1. The molecular formula is C20H28N6O4. The lowest BCUT2D eigenvalue weighted by Gasteiger charge is -2.35. The number of hydrogen-bond acceptors (Lipinski definition) is 8. The fourth-order valence-corrected chi connectivity index (χ4v) is 3.05. The van der Waals surface area contributed by atoms with E-state index in [-0.39, 0.29) is 30.9 Å². The molecule has 2 aromatic heterocycles. The van der Waals surface area contributed by atoms with Crippen LogP contribution in [0.1, 0.15) is 39.0 Å². The van der Waals surface area contributed by atoms with E-state index in [1.54, 1.807) is 18.0 Å². The van der Waals surface area contributed by atoms with E-state index in [0.717, 1.165) is 11.4 Å². The molecule has 1 aliphatic heterocycles. The van der Waals surface area contributed by atoms with Gasteiger partial charge >= 0.3 is 12.0 Å². The van der Waals surface area contributed by atoms with Crippen LogP contribution in [0.2, 0.25) is 0 Å². The highest BCUT2D eigenvalue weighted by Gasteiger charge is 2.22. The summed E-state index contributed by atoms with van der Waals surface area (Å²) in [6.45, 7) is 8.89. The maximum absolute atomic E-state index is 12.2. The minimum absolute atomic E-state index is 0.166. The Kier molecular flexibility index (Phi) is 7.21. The summed E-state index contributed by atoms with van der Waals surface area (Å²) in [5.74, 6) is 1.84. The molecule has 3 rings (SSSR count). The molecule has 1 aliphatic rings. The predicted octanol–water partition coefficient (Wildman–Crippen LogP) is 2.04. The Hall–Kier alpha value is -3.17. The third-order valence-corrected chi connectivity index (χ3v) is 4.74. The number of hydrogen-bond donors (Lipinski definition) is 1. The summed E-state index contributed by atoms with van der Waals surface area (Å²) in [5, 5.41) is 6.77. The number of carbonyl (C=O) groups excluding carboxylic acids is 2. The summed E-state index contributed by atoms with van der Waals surface area (Å²) >= 11 is 0. The minimum atomic E-state index is -0.307. The van der Waals surface area contributed by atoms with Gasteiger partial charge in [0.15, 0.2) is 0 Å². The number of aromatic nitrogens is 3. The molecule has 162 valence electrons. The SMILES string of the molecule is CCOC(=O)CCNC(=O)N1CCN(c2ccc(-c3noc(C(C)C)n3)cn2)CC1. The molecule has 3 heterocycles. The van der Waals surface area contributed by atoms with E-state index in [1.807, 2.05) is 26.0 Å². The van der Waals surface area contributed by atoms with Crippen molar-refractivity contribution in [2.24, 2.45) is 0 Å². The van der Waals surface area contributed by atoms with Crippen LogP contribution >= 0.6 is 0 Å². The van der Waals surface area contributed by atoms with Crippen molar-refractivity contribution in [3.63, 3.8) is 0 Å². The first-order valence-electron chi connectivity index (χ1n) is 10.2. The van der Waals surface area contributed by atoms with E-state index in [2.05, 4.69) is 25.3 Å². The number of anilines is 1. The topological polar surface area (TPSA) is 114 Å². The molecule has 1 fully saturated rings. The molecule has 1 saturated heterocycles. The molecule has 0 atom stereocenters. The quantitative estimate of drug-likeness (QED) is 0.682. The highest BCUT2D eigenvalue weighted by Crippen LogP contribution is 2.21. The molecular weight excluding hydrogens is 388 g/mol. The molecule has 2 aromatic rings. The van der Waals surface area contributed by atoms with Gasteiger partial charge in [-0.3, -0.25) is 4.79 Å². The van der Waals surface area contributed by atoms with Crippen LogP contribution in [-0.2, 0) is 9.53 Å². The van der Waals surface area contributed by atoms with Gasteiger partial charge in [0.25, 0.3) is 0 Å². The lowest BCUT2D eigenvalue weighted by molar-refractivity contribution is -0.142. The zero-order valence-electron chi connectivity index (χ0n) is 17.6. The maximum atomic E-state index is 12.2. The van der Waals surface area contributed by atoms with Gasteiger partial charge < -0.3 is 24.4 Å². The zero-order valence-corrected chi connectivity index (χ0v) is 17.6. The molecule has 10 nitrogen and oxygen atoms in total. The van der Waals surface area contributed by atoms with Gasteiger partial charge in [-0.2, -0.15) is 4.98 Å². The lowest BCUT2D eigenvalue weighted by atomic mass is 10.2. The Balaban J connectivity index is 1.47. The number of carbonyl (C=O) groups is 2. The van der Waals surface area contributed by atoms with Crippen molar-refractivity contribution in [1.29, 1.82) is 0 Å². The van der Waals surface area contributed by atoms with E-state index in [0.29, 0.717) is 44.5 Å². The van der Waals surface area contributed by atoms with Gasteiger partial charge in [-0.05, 0) is 19.1 Å². The number of pyridine rings is 1. The summed E-state index contributed by atoms with van der Waals surface area (Å²) in [7, 11) is 0. The summed E-state index contributed by atoms with van der Waals surface area (Å²) in [6, 6.07) is 3.68. The molecule has 0 radical (unpaired) electrons. The largest absolute Gasteiger partial charge is 0.466 e. The molecule has 0 saturated carbocycles. The molecule has 1 N–H and O–H groups in total.